The van der Waals surface area contributed by atoms with Crippen LogP contribution in [-0.4, -0.2) is 70.2 Å². The van der Waals surface area contributed by atoms with Crippen LogP contribution in [0.3, 0.4) is 0 Å². The third kappa shape index (κ3) is 6.26. The molecule has 186 valence electrons. The molecule has 3 aromatic rings. The summed E-state index contributed by atoms with van der Waals surface area (Å²) in [7, 11) is 0. The number of piperazine rings is 1. The van der Waals surface area contributed by atoms with Gasteiger partial charge in [-0.15, -0.1) is 0 Å². The Balaban J connectivity index is 1.46. The number of nitrogens with zero attached hydrogens (tertiary/aromatic N) is 5. The molecule has 0 aliphatic carbocycles. The van der Waals surface area contributed by atoms with Gasteiger partial charge in [0, 0.05) is 45.2 Å². The largest absolute Gasteiger partial charge is 0.395 e. The monoisotopic (exact) mass is 515 g/mol. The fourth-order valence-corrected chi connectivity index (χ4v) is 4.89. The number of hydrogen-bond donors (Lipinski definition) is 3. The molecule has 2 aromatic heterocycles. The molecule has 3 heterocycles. The number of benzene rings is 1. The van der Waals surface area contributed by atoms with Crippen molar-refractivity contribution in [1.82, 2.24) is 19.9 Å². The topological polar surface area (TPSA) is 107 Å². The predicted molar refractivity (Wildman–Crippen MR) is 141 cm³/mol. The number of aliphatic hydroxyl groups is 1. The predicted octanol–water partition coefficient (Wildman–Crippen LogP) is 3.82. The van der Waals surface area contributed by atoms with E-state index in [0.717, 1.165) is 49.8 Å². The number of carbonyl (C=O) groups excluding carboxylic acids is 1. The van der Waals surface area contributed by atoms with E-state index in [1.165, 1.54) is 11.3 Å². The highest BCUT2D eigenvalue weighted by Gasteiger charge is 2.20. The second kappa shape index (κ2) is 11.8. The van der Waals surface area contributed by atoms with E-state index in [-0.39, 0.29) is 12.5 Å². The van der Waals surface area contributed by atoms with Gasteiger partial charge in [-0.3, -0.25) is 9.69 Å². The number of carbonyl (C=O) groups is 1. The Labute approximate surface area is 214 Å². The van der Waals surface area contributed by atoms with Gasteiger partial charge in [0.25, 0.3) is 5.91 Å². The summed E-state index contributed by atoms with van der Waals surface area (Å²) in [5, 5.41) is 16.4. The number of para-hydroxylation sites is 1. The number of anilines is 4. The molecule has 9 nitrogen and oxygen atoms in total. The van der Waals surface area contributed by atoms with E-state index in [9.17, 15) is 9.90 Å². The first-order valence-corrected chi connectivity index (χ1v) is 13.0. The molecular formula is C24H30ClN7O2S. The van der Waals surface area contributed by atoms with Crippen LogP contribution in [0.2, 0.25) is 5.02 Å². The van der Waals surface area contributed by atoms with Crippen LogP contribution in [0, 0.1) is 0 Å². The molecule has 1 saturated heterocycles. The van der Waals surface area contributed by atoms with Gasteiger partial charge in [0.05, 0.1) is 23.5 Å². The van der Waals surface area contributed by atoms with Gasteiger partial charge >= 0.3 is 0 Å². The van der Waals surface area contributed by atoms with Crippen LogP contribution in [0.5, 0.6) is 0 Å². The SMILES string of the molecule is CCc1nc(Nc2ncc(C(=O)Nc3c(Cl)cccc3CC)s2)cc(N2CCN(CCO)CC2)n1. The third-order valence-electron chi connectivity index (χ3n) is 5.87. The van der Waals surface area contributed by atoms with Gasteiger partial charge in [0.15, 0.2) is 5.13 Å². The molecule has 1 fully saturated rings. The second-order valence-corrected chi connectivity index (χ2v) is 9.61. The Morgan fingerprint density at radius 3 is 2.69 bits per heavy atom. The molecule has 0 radical (unpaired) electrons. The normalized spacial score (nSPS) is 14.2. The standard InChI is InChI=1S/C24H30ClN7O2S/c1-3-16-6-5-7-17(25)22(16)30-23(34)18-15-26-24(35-18)29-20-14-21(28-19(4-2)27-20)32-10-8-31(9-11-32)12-13-33/h5-7,14-15,33H,3-4,8-13H2,1-2H3,(H,30,34)(H,26,27,28,29). The minimum Gasteiger partial charge on any atom is -0.395 e. The molecule has 1 aliphatic rings. The zero-order chi connectivity index (χ0) is 24.8. The van der Waals surface area contributed by atoms with E-state index in [2.05, 4.69) is 30.4 Å². The Hall–Kier alpha value is -2.79. The maximum Gasteiger partial charge on any atom is 0.267 e. The number of aliphatic hydroxyl groups excluding tert-OH is 1. The summed E-state index contributed by atoms with van der Waals surface area (Å²) < 4.78 is 0. The number of halogens is 1. The maximum absolute atomic E-state index is 12.9. The first kappa shape index (κ1) is 25.3. The van der Waals surface area contributed by atoms with Crippen molar-refractivity contribution < 1.29 is 9.90 Å². The maximum atomic E-state index is 12.9. The first-order valence-electron chi connectivity index (χ1n) is 11.8. The first-order chi connectivity index (χ1) is 17.0. The van der Waals surface area contributed by atoms with E-state index in [4.69, 9.17) is 16.6 Å². The lowest BCUT2D eigenvalue weighted by molar-refractivity contribution is 0.103. The molecule has 1 aliphatic heterocycles. The molecule has 1 aromatic carbocycles. The molecule has 1 amide bonds. The summed E-state index contributed by atoms with van der Waals surface area (Å²) in [5.74, 6) is 1.99. The lowest BCUT2D eigenvalue weighted by atomic mass is 10.1. The number of aromatic nitrogens is 3. The van der Waals surface area contributed by atoms with E-state index in [1.807, 2.05) is 32.0 Å². The van der Waals surface area contributed by atoms with Crippen LogP contribution in [-0.2, 0) is 12.8 Å². The van der Waals surface area contributed by atoms with E-state index in [0.29, 0.717) is 39.5 Å². The van der Waals surface area contributed by atoms with Crippen molar-refractivity contribution in [3.05, 3.63) is 51.7 Å². The van der Waals surface area contributed by atoms with E-state index >= 15 is 0 Å². The number of amides is 1. The zero-order valence-electron chi connectivity index (χ0n) is 19.9. The highest BCUT2D eigenvalue weighted by atomic mass is 35.5. The Kier molecular flexibility index (Phi) is 8.50. The van der Waals surface area contributed by atoms with E-state index in [1.54, 1.807) is 12.3 Å². The number of hydrogen-bond acceptors (Lipinski definition) is 9. The van der Waals surface area contributed by atoms with Gasteiger partial charge < -0.3 is 20.6 Å². The highest BCUT2D eigenvalue weighted by Crippen LogP contribution is 2.29. The smallest absolute Gasteiger partial charge is 0.267 e. The van der Waals surface area contributed by atoms with Crippen LogP contribution in [0.25, 0.3) is 0 Å². The number of thiazole rings is 1. The van der Waals surface area contributed by atoms with Gasteiger partial charge in [-0.25, -0.2) is 15.0 Å². The fourth-order valence-electron chi connectivity index (χ4n) is 3.93. The fraction of sp³-hybridized carbons (Fsp3) is 0.417. The van der Waals surface area contributed by atoms with Gasteiger partial charge in [-0.2, -0.15) is 0 Å². The second-order valence-electron chi connectivity index (χ2n) is 8.17. The van der Waals surface area contributed by atoms with Crippen LogP contribution in [0.15, 0.2) is 30.5 Å². The number of aryl methyl sites for hydroxylation is 2. The van der Waals surface area contributed by atoms with Crippen molar-refractivity contribution in [2.24, 2.45) is 0 Å². The lowest BCUT2D eigenvalue weighted by Gasteiger charge is -2.35. The molecule has 11 heteroatoms. The summed E-state index contributed by atoms with van der Waals surface area (Å²) >= 11 is 7.57. The minimum atomic E-state index is -0.253. The minimum absolute atomic E-state index is 0.174. The Morgan fingerprint density at radius 1 is 1.17 bits per heavy atom. The number of β-amino-alcohol motifs (C(OH)–C–C–N with tert-alkyl or cyclic N) is 1. The average Bonchev–Trinajstić information content (AvgIpc) is 3.34. The van der Waals surface area contributed by atoms with Crippen molar-refractivity contribution in [3.8, 4) is 0 Å². The Morgan fingerprint density at radius 2 is 1.97 bits per heavy atom. The quantitative estimate of drug-likeness (QED) is 0.395. The summed E-state index contributed by atoms with van der Waals surface area (Å²) in [5.41, 5.74) is 1.61. The van der Waals surface area contributed by atoms with Gasteiger partial charge in [-0.05, 0) is 18.1 Å². The molecular weight excluding hydrogens is 486 g/mol. The van der Waals surface area contributed by atoms with Crippen LogP contribution in [0.1, 0.15) is 34.9 Å². The summed E-state index contributed by atoms with van der Waals surface area (Å²) in [4.78, 5) is 31.5. The summed E-state index contributed by atoms with van der Waals surface area (Å²) in [6.07, 6.45) is 3.02. The zero-order valence-corrected chi connectivity index (χ0v) is 21.5. The van der Waals surface area contributed by atoms with Crippen LogP contribution in [0.4, 0.5) is 22.5 Å². The van der Waals surface area contributed by atoms with Crippen molar-refractivity contribution in [2.75, 3.05) is 54.9 Å². The van der Waals surface area contributed by atoms with Crippen molar-refractivity contribution in [2.45, 2.75) is 26.7 Å². The molecule has 0 saturated carbocycles. The number of rotatable bonds is 9. The van der Waals surface area contributed by atoms with Crippen LogP contribution < -0.4 is 15.5 Å². The molecule has 4 rings (SSSR count). The van der Waals surface area contributed by atoms with E-state index < -0.39 is 0 Å². The van der Waals surface area contributed by atoms with Crippen molar-refractivity contribution in [3.63, 3.8) is 0 Å². The molecule has 0 bridgehead atoms. The number of nitrogens with one attached hydrogen (secondary N) is 2. The van der Waals surface area contributed by atoms with Gasteiger partial charge in [0.1, 0.15) is 22.3 Å². The van der Waals surface area contributed by atoms with Gasteiger partial charge in [0.2, 0.25) is 0 Å². The molecule has 35 heavy (non-hydrogen) atoms. The molecule has 3 N–H and O–H groups in total. The third-order valence-corrected chi connectivity index (χ3v) is 7.10. The molecule has 0 spiro atoms. The van der Waals surface area contributed by atoms with Crippen LogP contribution >= 0.6 is 22.9 Å². The molecule has 0 unspecified atom stereocenters. The Bertz CT molecular complexity index is 1160. The van der Waals surface area contributed by atoms with Crippen molar-refractivity contribution in [1.29, 1.82) is 0 Å². The molecule has 0 atom stereocenters. The summed E-state index contributed by atoms with van der Waals surface area (Å²) in [6, 6.07) is 7.51. The van der Waals surface area contributed by atoms with Gasteiger partial charge in [-0.1, -0.05) is 48.9 Å². The highest BCUT2D eigenvalue weighted by molar-refractivity contribution is 7.17. The summed E-state index contributed by atoms with van der Waals surface area (Å²) in [6.45, 7) is 8.34. The lowest BCUT2D eigenvalue weighted by Crippen LogP contribution is -2.47. The van der Waals surface area contributed by atoms with Crippen molar-refractivity contribution >= 4 is 51.3 Å². The average molecular weight is 516 g/mol.